The monoisotopic (exact) mass is 457 g/mol. The van der Waals surface area contributed by atoms with Crippen LogP contribution in [0.2, 0.25) is 5.02 Å². The summed E-state index contributed by atoms with van der Waals surface area (Å²) in [6.07, 6.45) is -1.88. The lowest BCUT2D eigenvalue weighted by Crippen LogP contribution is -2.65. The molecule has 4 atom stereocenters. The van der Waals surface area contributed by atoms with Crippen LogP contribution in [0.5, 0.6) is 5.75 Å². The molecule has 29 heavy (non-hydrogen) atoms. The van der Waals surface area contributed by atoms with E-state index in [-0.39, 0.29) is 12.3 Å². The zero-order chi connectivity index (χ0) is 21.3. The normalized spacial score (nSPS) is 34.4. The van der Waals surface area contributed by atoms with Gasteiger partial charge in [-0.2, -0.15) is 0 Å². The molecule has 0 aliphatic carbocycles. The van der Waals surface area contributed by atoms with Crippen molar-refractivity contribution in [3.63, 3.8) is 0 Å². The number of anilines is 1. The van der Waals surface area contributed by atoms with Gasteiger partial charge in [0.15, 0.2) is 10.5 Å². The number of fused-ring (bicyclic) bond motifs is 6. The minimum absolute atomic E-state index is 0.113. The van der Waals surface area contributed by atoms with Crippen molar-refractivity contribution in [1.29, 1.82) is 0 Å². The first kappa shape index (κ1) is 21.0. The molecule has 4 unspecified atom stereocenters. The van der Waals surface area contributed by atoms with E-state index in [9.17, 15) is 15.0 Å². The topological polar surface area (TPSA) is 76.5 Å². The Morgan fingerprint density at radius 2 is 2.07 bits per heavy atom. The quantitative estimate of drug-likeness (QED) is 0.623. The number of hydrogen-bond donors (Lipinski definition) is 2. The molecule has 3 heterocycles. The molecular formula is C19H24ClN3O4S2. The molecule has 2 bridgehead atoms. The molecule has 0 aromatic heterocycles. The van der Waals surface area contributed by atoms with Gasteiger partial charge in [0.05, 0.1) is 24.1 Å². The molecular weight excluding hydrogens is 434 g/mol. The smallest absolute Gasteiger partial charge is 0.262 e. The van der Waals surface area contributed by atoms with Gasteiger partial charge in [0.25, 0.3) is 5.91 Å². The maximum atomic E-state index is 13.6. The highest BCUT2D eigenvalue weighted by Crippen LogP contribution is 2.55. The van der Waals surface area contributed by atoms with Crippen LogP contribution in [0, 0.1) is 0 Å². The third-order valence-corrected chi connectivity index (χ3v) is 9.47. The maximum absolute atomic E-state index is 13.6. The fraction of sp³-hybridized carbons (Fsp3) is 0.526. The largest absolute Gasteiger partial charge is 0.495 e. The SMILES string of the molecule is C=C1CC(O)C2(O)c3cc(Cl)c(OC)cc3N(C)C2N2CSSC(C)(C2=O)N1C. The molecule has 2 fully saturated rings. The van der Waals surface area contributed by atoms with Gasteiger partial charge in [0.1, 0.15) is 11.9 Å². The van der Waals surface area contributed by atoms with E-state index in [0.29, 0.717) is 33.6 Å². The van der Waals surface area contributed by atoms with Crippen LogP contribution in [-0.4, -0.2) is 70.1 Å². The zero-order valence-corrected chi connectivity index (χ0v) is 19.1. The van der Waals surface area contributed by atoms with Crippen LogP contribution in [0.1, 0.15) is 18.9 Å². The predicted octanol–water partition coefficient (Wildman–Crippen LogP) is 2.42. The van der Waals surface area contributed by atoms with Crippen molar-refractivity contribution in [2.75, 3.05) is 32.0 Å². The lowest BCUT2D eigenvalue weighted by atomic mass is 9.84. The minimum atomic E-state index is -1.74. The van der Waals surface area contributed by atoms with Crippen molar-refractivity contribution in [3.05, 3.63) is 35.0 Å². The Bertz CT molecular complexity index is 902. The number of ether oxygens (including phenoxy) is 1. The van der Waals surface area contributed by atoms with E-state index in [2.05, 4.69) is 6.58 Å². The van der Waals surface area contributed by atoms with Crippen molar-refractivity contribution >= 4 is 44.8 Å². The van der Waals surface area contributed by atoms with E-state index in [4.69, 9.17) is 16.3 Å². The summed E-state index contributed by atoms with van der Waals surface area (Å²) >= 11 is 6.36. The Labute approximate surface area is 183 Å². The summed E-state index contributed by atoms with van der Waals surface area (Å²) in [6, 6.07) is 3.35. The van der Waals surface area contributed by atoms with Gasteiger partial charge >= 0.3 is 0 Å². The second kappa shape index (κ2) is 6.88. The summed E-state index contributed by atoms with van der Waals surface area (Å²) in [7, 11) is 8.13. The lowest BCUT2D eigenvalue weighted by Gasteiger charge is -2.48. The zero-order valence-electron chi connectivity index (χ0n) is 16.7. The Kier molecular flexibility index (Phi) is 4.98. The molecule has 158 valence electrons. The van der Waals surface area contributed by atoms with Crippen LogP contribution in [0.25, 0.3) is 0 Å². The van der Waals surface area contributed by atoms with Crippen molar-refractivity contribution in [2.24, 2.45) is 0 Å². The molecule has 7 nitrogen and oxygen atoms in total. The summed E-state index contributed by atoms with van der Waals surface area (Å²) in [6.45, 7) is 5.93. The Morgan fingerprint density at radius 1 is 1.38 bits per heavy atom. The predicted molar refractivity (Wildman–Crippen MR) is 117 cm³/mol. The van der Waals surface area contributed by atoms with E-state index in [1.807, 2.05) is 11.8 Å². The summed E-state index contributed by atoms with van der Waals surface area (Å²) in [5.74, 6) is 0.702. The summed E-state index contributed by atoms with van der Waals surface area (Å²) in [5, 5.41) is 23.5. The van der Waals surface area contributed by atoms with Crippen molar-refractivity contribution in [2.45, 2.75) is 36.1 Å². The number of carbonyl (C=O) groups is 1. The third kappa shape index (κ3) is 2.71. The number of aliphatic hydroxyl groups is 2. The molecule has 0 saturated carbocycles. The lowest BCUT2D eigenvalue weighted by molar-refractivity contribution is -0.152. The van der Waals surface area contributed by atoms with Crippen molar-refractivity contribution in [1.82, 2.24) is 9.80 Å². The summed E-state index contributed by atoms with van der Waals surface area (Å²) in [5.41, 5.74) is -0.0330. The molecule has 4 rings (SSSR count). The average molecular weight is 458 g/mol. The number of nitrogens with zero attached hydrogens (tertiary/aromatic N) is 3. The number of amides is 1. The number of rotatable bonds is 1. The molecule has 3 aliphatic heterocycles. The number of halogens is 1. The summed E-state index contributed by atoms with van der Waals surface area (Å²) in [4.78, 5) is 18.0. The summed E-state index contributed by atoms with van der Waals surface area (Å²) < 4.78 is 5.34. The fourth-order valence-electron chi connectivity index (χ4n) is 4.43. The molecule has 10 heteroatoms. The molecule has 0 radical (unpaired) electrons. The van der Waals surface area contributed by atoms with Gasteiger partial charge in [0.2, 0.25) is 0 Å². The van der Waals surface area contributed by atoms with E-state index in [0.717, 1.165) is 0 Å². The van der Waals surface area contributed by atoms with Crippen LogP contribution in [0.4, 0.5) is 5.69 Å². The van der Waals surface area contributed by atoms with Crippen LogP contribution in [0.15, 0.2) is 24.4 Å². The number of likely N-dealkylation sites (N-methyl/N-ethyl adjacent to an activating group) is 2. The van der Waals surface area contributed by atoms with E-state index in [1.54, 1.807) is 36.0 Å². The Balaban J connectivity index is 1.95. The van der Waals surface area contributed by atoms with E-state index >= 15 is 0 Å². The van der Waals surface area contributed by atoms with Gasteiger partial charge in [-0.05, 0) is 13.0 Å². The molecule has 2 N–H and O–H groups in total. The standard InChI is InChI=1S/C19H24ClN3O4S2/c1-10-6-15(24)19(26)11-7-12(20)14(27-5)8-13(11)21(3)16(19)23-9-28-29-18(2,17(23)25)22(10)4/h7-8,15-16,24,26H,1,6,9H2,2-5H3. The first-order valence-electron chi connectivity index (χ1n) is 9.12. The van der Waals surface area contributed by atoms with E-state index in [1.165, 1.54) is 28.7 Å². The van der Waals surface area contributed by atoms with Crippen LogP contribution < -0.4 is 9.64 Å². The van der Waals surface area contributed by atoms with Gasteiger partial charge < -0.3 is 29.6 Å². The van der Waals surface area contributed by atoms with Gasteiger partial charge in [-0.15, -0.1) is 0 Å². The van der Waals surface area contributed by atoms with Crippen LogP contribution >= 0.6 is 33.2 Å². The first-order valence-corrected chi connectivity index (χ1v) is 11.8. The fourth-order valence-corrected chi connectivity index (χ4v) is 7.49. The number of aliphatic hydroxyl groups excluding tert-OH is 1. The van der Waals surface area contributed by atoms with Gasteiger partial charge in [-0.25, -0.2) is 0 Å². The number of benzene rings is 1. The average Bonchev–Trinajstić information content (AvgIpc) is 2.90. The second-order valence-corrected chi connectivity index (χ2v) is 10.8. The second-order valence-electron chi connectivity index (χ2n) is 7.75. The molecule has 0 spiro atoms. The van der Waals surface area contributed by atoms with Gasteiger partial charge in [0, 0.05) is 43.5 Å². The number of methoxy groups -OCH3 is 1. The van der Waals surface area contributed by atoms with Crippen LogP contribution in [-0.2, 0) is 10.4 Å². The molecule has 1 aromatic rings. The number of hydrogen-bond acceptors (Lipinski definition) is 8. The molecule has 1 aromatic carbocycles. The van der Waals surface area contributed by atoms with E-state index < -0.39 is 22.7 Å². The van der Waals surface area contributed by atoms with Gasteiger partial charge in [-0.1, -0.05) is 39.8 Å². The highest BCUT2D eigenvalue weighted by molar-refractivity contribution is 8.77. The molecule has 3 aliphatic rings. The highest BCUT2D eigenvalue weighted by atomic mass is 35.5. The highest BCUT2D eigenvalue weighted by Gasteiger charge is 2.61. The van der Waals surface area contributed by atoms with Crippen LogP contribution in [0.3, 0.4) is 0 Å². The van der Waals surface area contributed by atoms with Crippen molar-refractivity contribution < 1.29 is 19.7 Å². The molecule has 1 amide bonds. The Hall–Kier alpha value is -1.26. The maximum Gasteiger partial charge on any atom is 0.262 e. The molecule has 2 saturated heterocycles. The van der Waals surface area contributed by atoms with Crippen molar-refractivity contribution in [3.8, 4) is 5.75 Å². The van der Waals surface area contributed by atoms with Gasteiger partial charge in [-0.3, -0.25) is 4.79 Å². The number of carbonyl (C=O) groups excluding carboxylic acids is 1. The Morgan fingerprint density at radius 3 is 2.72 bits per heavy atom. The first-order chi connectivity index (χ1) is 13.6. The minimum Gasteiger partial charge on any atom is -0.495 e. The third-order valence-electron chi connectivity index (χ3n) is 6.26.